The topological polar surface area (TPSA) is 223 Å². The first-order chi connectivity index (χ1) is 54.5. The Balaban J connectivity index is -0.000000327. The summed E-state index contributed by atoms with van der Waals surface area (Å²) in [4.78, 5) is 30.1. The summed E-state index contributed by atoms with van der Waals surface area (Å²) < 4.78 is 59.3. The number of phenolic OH excluding ortho intramolecular Hbond substituents is 1. The molecule has 2 heterocycles. The monoisotopic (exact) mass is 1820 g/mol. The van der Waals surface area contributed by atoms with Crippen molar-refractivity contribution in [2.75, 3.05) is 58.0 Å². The van der Waals surface area contributed by atoms with Crippen LogP contribution in [-0.4, -0.2) is 135 Å². The maximum absolute atomic E-state index is 13.4. The second-order valence-electron chi connectivity index (χ2n) is 34.3. The molecule has 120 heavy (non-hydrogen) atoms. The number of hydroxylamine groups is 8. The van der Waals surface area contributed by atoms with Crippen LogP contribution >= 0.6 is 38.4 Å². The van der Waals surface area contributed by atoms with E-state index >= 15 is 0 Å². The van der Waals surface area contributed by atoms with Gasteiger partial charge in [0.15, 0.2) is 0 Å². The zero-order valence-corrected chi connectivity index (χ0v) is 91.9. The summed E-state index contributed by atoms with van der Waals surface area (Å²) in [5, 5.41) is 37.1. The summed E-state index contributed by atoms with van der Waals surface area (Å²) in [6.45, 7) is 69.1. The van der Waals surface area contributed by atoms with Crippen molar-refractivity contribution in [1.29, 1.82) is 0 Å². The van der Waals surface area contributed by atoms with E-state index < -0.39 is 37.7 Å². The van der Waals surface area contributed by atoms with Crippen LogP contribution < -0.4 is 147 Å². The smallest absolute Gasteiger partial charge is 1.00 e. The van der Waals surface area contributed by atoms with Crippen LogP contribution in [0.2, 0.25) is 0 Å². The number of phenols is 1. The summed E-state index contributed by atoms with van der Waals surface area (Å²) in [5.41, 5.74) is 4.24. The minimum atomic E-state index is -3.49. The number of hydrogen-bond donors (Lipinski definition) is 1. The molecule has 2 fully saturated rings. The van der Waals surface area contributed by atoms with Gasteiger partial charge in [-0.3, -0.25) is 28.4 Å². The van der Waals surface area contributed by atoms with E-state index in [1.807, 2.05) is 159 Å². The van der Waals surface area contributed by atoms with Crippen molar-refractivity contribution in [1.82, 2.24) is 20.3 Å². The Bertz CT molecular complexity index is 3510. The van der Waals surface area contributed by atoms with Crippen molar-refractivity contribution < 1.29 is 205 Å². The minimum absolute atomic E-state index is 0. The molecule has 672 valence electrons. The fraction of sp³-hybridized carbons (Fsp3) is 0.624. The molecular formula is C93H157Cl2K2N4NaO16P2. The molecule has 20 nitrogen and oxygen atoms in total. The third-order valence-corrected chi connectivity index (χ3v) is 23.5. The number of carbonyl (C=O) groups excluding carboxylic acids is 1. The molecule has 0 amide bonds. The molecule has 5 aromatic rings. The SMILES string of the molecule is C=Cc1cccc(O)c1.C=Cc1cccc(OCC)c1.CC1(C)CCCC(C)(C)N1OCc1ccccc1.CCCl.CCCl.CCON(C(C(C)(C)C)P(=O)(OCC)OCC)C(C)(C)C.CCOP(=O)(OCC)C(N([O-])C(C)(C)C)C(C)(C)C.CCOc1cccc(C(CCc2ccccc2)ON2C(C)(C)CCCC2(C)C)c1.O=CO[O-].[H-].[K+].[K+].[Na+]. The Labute approximate surface area is 847 Å². The summed E-state index contributed by atoms with van der Waals surface area (Å²) in [6, 6.07) is 44.3. The van der Waals surface area contributed by atoms with Gasteiger partial charge in [-0.1, -0.05) is 178 Å². The molecule has 3 unspecified atom stereocenters. The predicted molar refractivity (Wildman–Crippen MR) is 488 cm³/mol. The molecule has 2 aliphatic heterocycles. The fourth-order valence-electron chi connectivity index (χ4n) is 13.3. The first-order valence-electron chi connectivity index (χ1n) is 41.5. The van der Waals surface area contributed by atoms with Gasteiger partial charge in [-0.15, -0.1) is 23.2 Å². The van der Waals surface area contributed by atoms with Crippen molar-refractivity contribution in [3.63, 3.8) is 0 Å². The second kappa shape index (κ2) is 65.7. The summed E-state index contributed by atoms with van der Waals surface area (Å²) in [5.74, 6) is 2.23. The van der Waals surface area contributed by atoms with E-state index in [9.17, 15) is 14.3 Å². The van der Waals surface area contributed by atoms with Crippen molar-refractivity contribution in [3.05, 3.63) is 180 Å². The number of alkyl halides is 2. The van der Waals surface area contributed by atoms with Crippen LogP contribution in [0.3, 0.4) is 0 Å². The van der Waals surface area contributed by atoms with Crippen LogP contribution in [-0.2, 0) is 64.4 Å². The fourth-order valence-corrected chi connectivity index (χ4v) is 18.6. The number of hydrogen-bond acceptors (Lipinski definition) is 20. The van der Waals surface area contributed by atoms with Gasteiger partial charge in [-0.2, -0.15) is 15.2 Å². The Morgan fingerprint density at radius 3 is 1.23 bits per heavy atom. The van der Waals surface area contributed by atoms with Crippen LogP contribution in [0.25, 0.3) is 12.2 Å². The molecule has 0 radical (unpaired) electrons. The maximum atomic E-state index is 13.4. The van der Waals surface area contributed by atoms with Gasteiger partial charge in [-0.25, -0.2) is 0 Å². The molecule has 0 aliphatic carbocycles. The molecule has 1 N–H and O–H groups in total. The molecule has 0 spiro atoms. The zero-order valence-electron chi connectivity index (χ0n) is 81.3. The van der Waals surface area contributed by atoms with Crippen LogP contribution in [0.15, 0.2) is 147 Å². The Morgan fingerprint density at radius 1 is 0.525 bits per heavy atom. The quantitative estimate of drug-likeness (QED) is 0.0113. The standard InChI is InChI=1S/C26H37NO2.C16H25NO.C15H34NO4P.C13H29NO4P.C10H12O.C8H8O.2C2H5Cl.CH2O3.2K.Na.H/c1-6-28-23-15-10-14-22(20-23)24(17-16-21-12-8-7-9-13-21)29-27-25(2,3)18-11-19-26(27,4)5;1-15(2)11-8-12-16(3,4)17(15)18-13-14-9-6-5-7-10-14;1-10-18-16(15(7,8)9)13(14(4,5)6)21(17,19-11-2)20-12-3;1-9-17-19(16,18-10-2)11(12(3,4)5)14(15)13(6,7)8;1-3-9-6-5-7-10(8-9)11-4-2;1-2-7-4-3-5-8(9)6-7;2*1-2-3;2-1-4-3;;;;/h7-10,12-15,20,24H,6,11,16-19H2,1-5H3;5-7,9-10H,8,11-13H2,1-4H3;13H,10-12H2,1-9H3;11H,9-10H2,1-8H3;3,5-8H,1,4H2,2H3;2-6,9H,1H2;2*2H2,1H3;1,3H;;;;/q;;;-1;;;;;;3*+1;-1/p-1. The van der Waals surface area contributed by atoms with Gasteiger partial charge in [0.2, 0.25) is 0 Å². The average molecular weight is 1820 g/mol. The normalized spacial score (nSPS) is 15.4. The van der Waals surface area contributed by atoms with Crippen molar-refractivity contribution >= 4 is 57.0 Å². The third kappa shape index (κ3) is 50.4. The van der Waals surface area contributed by atoms with E-state index in [1.54, 1.807) is 64.0 Å². The van der Waals surface area contributed by atoms with Crippen LogP contribution in [0.4, 0.5) is 0 Å². The summed E-state index contributed by atoms with van der Waals surface area (Å²) in [7, 11) is -6.82. The molecule has 2 saturated heterocycles. The van der Waals surface area contributed by atoms with Crippen LogP contribution in [0.5, 0.6) is 17.2 Å². The molecular weight excluding hydrogens is 1660 g/mol. The first-order valence-corrected chi connectivity index (χ1v) is 45.8. The van der Waals surface area contributed by atoms with Gasteiger partial charge < -0.3 is 54.5 Å². The van der Waals surface area contributed by atoms with Gasteiger partial charge in [0.25, 0.3) is 6.47 Å². The number of aryl methyl sites for hydroxylation is 1. The predicted octanol–water partition coefficient (Wildman–Crippen LogP) is 16.6. The second-order valence-corrected chi connectivity index (χ2v) is 39.5. The number of halogens is 2. The van der Waals surface area contributed by atoms with Gasteiger partial charge in [0, 0.05) is 45.0 Å². The number of carbonyl (C=O) groups is 1. The summed E-state index contributed by atoms with van der Waals surface area (Å²) in [6.07, 6.45) is 12.6. The number of nitrogens with zero attached hydrogens (tertiary/aromatic N) is 4. The maximum Gasteiger partial charge on any atom is 1.00 e. The van der Waals surface area contributed by atoms with Gasteiger partial charge in [-0.05, 0) is 272 Å². The summed E-state index contributed by atoms with van der Waals surface area (Å²) >= 11 is 10.00. The largest absolute Gasteiger partial charge is 1.00 e. The number of piperidine rings is 2. The minimum Gasteiger partial charge on any atom is -1.00 e. The van der Waals surface area contributed by atoms with Gasteiger partial charge in [0.1, 0.15) is 34.9 Å². The van der Waals surface area contributed by atoms with E-state index in [-0.39, 0.29) is 198 Å². The van der Waals surface area contributed by atoms with Crippen molar-refractivity contribution in [3.8, 4) is 17.2 Å². The molecule has 2 aliphatic rings. The Kier molecular flexibility index (Phi) is 70.0. The van der Waals surface area contributed by atoms with E-state index in [0.29, 0.717) is 39.6 Å². The molecule has 0 bridgehead atoms. The zero-order chi connectivity index (χ0) is 90.1. The molecule has 3 atom stereocenters. The van der Waals surface area contributed by atoms with Crippen molar-refractivity contribution in [2.24, 2.45) is 10.8 Å². The molecule has 0 saturated carbocycles. The number of benzene rings is 5. The molecule has 0 aromatic heterocycles. The number of aromatic hydroxyl groups is 1. The van der Waals surface area contributed by atoms with Crippen LogP contribution in [0.1, 0.15) is 281 Å². The van der Waals surface area contributed by atoms with E-state index in [1.165, 1.54) is 42.4 Å². The van der Waals surface area contributed by atoms with Gasteiger partial charge >= 0.3 is 148 Å². The molecule has 7 rings (SSSR count). The van der Waals surface area contributed by atoms with Gasteiger partial charge in [0.05, 0.1) is 52.9 Å². The third-order valence-electron chi connectivity index (χ3n) is 17.8. The number of ether oxygens (including phenoxy) is 2. The Hall–Kier alpha value is -0.757. The van der Waals surface area contributed by atoms with E-state index in [2.05, 4.69) is 156 Å². The molecule has 5 aromatic carbocycles. The van der Waals surface area contributed by atoms with Crippen molar-refractivity contribution in [2.45, 2.75) is 310 Å². The Morgan fingerprint density at radius 2 is 0.892 bits per heavy atom. The van der Waals surface area contributed by atoms with E-state index in [0.717, 1.165) is 65.1 Å². The van der Waals surface area contributed by atoms with Crippen LogP contribution in [0, 0.1) is 16.0 Å². The molecule has 27 heteroatoms. The van der Waals surface area contributed by atoms with E-state index in [4.69, 9.17) is 80.4 Å². The number of rotatable bonds is 30. The first kappa shape index (κ1) is 128. The average Bonchev–Trinajstić information content (AvgIpc) is 0.784.